The van der Waals surface area contributed by atoms with Crippen LogP contribution in [0.25, 0.3) is 10.2 Å². The molecule has 2 nitrogen and oxygen atoms in total. The van der Waals surface area contributed by atoms with Crippen LogP contribution in [0, 0.1) is 0 Å². The third-order valence-corrected chi connectivity index (χ3v) is 4.40. The van der Waals surface area contributed by atoms with Crippen molar-refractivity contribution in [1.82, 2.24) is 4.98 Å². The summed E-state index contributed by atoms with van der Waals surface area (Å²) in [7, 11) is 0. The van der Waals surface area contributed by atoms with E-state index in [2.05, 4.69) is 40.8 Å². The predicted molar refractivity (Wildman–Crippen MR) is 73.8 cm³/mol. The molecule has 0 saturated carbocycles. The molecule has 2 aromatic rings. The Hall–Kier alpha value is -0.450. The Bertz CT molecular complexity index is 505. The lowest BCUT2D eigenvalue weighted by molar-refractivity contribution is 0.445. The van der Waals surface area contributed by atoms with Crippen LogP contribution in [0.3, 0.4) is 0 Å². The Morgan fingerprint density at radius 1 is 1.50 bits per heavy atom. The molecule has 0 fully saturated rings. The van der Waals surface area contributed by atoms with Crippen molar-refractivity contribution in [3.05, 3.63) is 27.7 Å². The molecule has 1 atom stereocenters. The maximum atomic E-state index is 6.29. The first-order chi connectivity index (χ1) is 7.53. The molecular formula is C12H15BrN2S. The molecule has 0 aliphatic carbocycles. The van der Waals surface area contributed by atoms with Gasteiger partial charge in [-0.2, -0.15) is 0 Å². The fraction of sp³-hybridized carbons (Fsp3) is 0.417. The maximum Gasteiger partial charge on any atom is 0.113 e. The molecule has 0 aliphatic rings. The predicted octanol–water partition coefficient (Wildman–Crippen LogP) is 4.03. The van der Waals surface area contributed by atoms with Crippen molar-refractivity contribution in [2.45, 2.75) is 32.2 Å². The van der Waals surface area contributed by atoms with Gasteiger partial charge in [0.15, 0.2) is 0 Å². The summed E-state index contributed by atoms with van der Waals surface area (Å²) in [5, 5.41) is 1.03. The Morgan fingerprint density at radius 3 is 2.94 bits per heavy atom. The summed E-state index contributed by atoms with van der Waals surface area (Å²) in [6.45, 7) is 4.21. The van der Waals surface area contributed by atoms with Crippen molar-refractivity contribution in [3.8, 4) is 0 Å². The third kappa shape index (κ3) is 2.29. The molecule has 2 rings (SSSR count). The van der Waals surface area contributed by atoms with Crippen molar-refractivity contribution in [2.24, 2.45) is 5.73 Å². The monoisotopic (exact) mass is 298 g/mol. The molecule has 1 unspecified atom stereocenters. The van der Waals surface area contributed by atoms with E-state index >= 15 is 0 Å². The molecule has 1 heterocycles. The summed E-state index contributed by atoms with van der Waals surface area (Å²) in [5.74, 6) is 0. The van der Waals surface area contributed by atoms with Gasteiger partial charge in [-0.3, -0.25) is 0 Å². The number of rotatable bonds is 3. The summed E-state index contributed by atoms with van der Waals surface area (Å²) in [6, 6.07) is 6.14. The molecule has 1 aromatic heterocycles. The van der Waals surface area contributed by atoms with Crippen LogP contribution in [0.5, 0.6) is 0 Å². The van der Waals surface area contributed by atoms with Crippen molar-refractivity contribution < 1.29 is 0 Å². The lowest BCUT2D eigenvalue weighted by Crippen LogP contribution is -2.32. The Balaban J connectivity index is 2.46. The van der Waals surface area contributed by atoms with Crippen LogP contribution >= 0.6 is 27.3 Å². The standard InChI is InChI=1S/C12H15BrN2S/c1-3-6-12(2,14)11-15-9-5-4-8(13)7-10(9)16-11/h4-5,7H,3,6,14H2,1-2H3. The van der Waals surface area contributed by atoms with E-state index in [0.717, 1.165) is 27.8 Å². The fourth-order valence-corrected chi connectivity index (χ4v) is 3.37. The highest BCUT2D eigenvalue weighted by Gasteiger charge is 2.24. The molecule has 0 spiro atoms. The number of halogens is 1. The van der Waals surface area contributed by atoms with Gasteiger partial charge in [0.1, 0.15) is 5.01 Å². The molecular weight excluding hydrogens is 284 g/mol. The van der Waals surface area contributed by atoms with Crippen LogP contribution < -0.4 is 5.73 Å². The highest BCUT2D eigenvalue weighted by Crippen LogP contribution is 2.32. The van der Waals surface area contributed by atoms with E-state index in [1.54, 1.807) is 11.3 Å². The zero-order valence-corrected chi connectivity index (χ0v) is 11.9. The van der Waals surface area contributed by atoms with Crippen LogP contribution in [0.1, 0.15) is 31.7 Å². The van der Waals surface area contributed by atoms with Crippen LogP contribution in [0.2, 0.25) is 0 Å². The van der Waals surface area contributed by atoms with Gasteiger partial charge in [0.25, 0.3) is 0 Å². The molecule has 0 bridgehead atoms. The third-order valence-electron chi connectivity index (χ3n) is 2.61. The maximum absolute atomic E-state index is 6.29. The van der Waals surface area contributed by atoms with Crippen molar-refractivity contribution >= 4 is 37.5 Å². The second-order valence-corrected chi connectivity index (χ2v) is 6.24. The fourth-order valence-electron chi connectivity index (χ4n) is 1.77. The lowest BCUT2D eigenvalue weighted by atomic mass is 9.99. The largest absolute Gasteiger partial charge is 0.320 e. The molecule has 2 N–H and O–H groups in total. The van der Waals surface area contributed by atoms with E-state index < -0.39 is 0 Å². The van der Waals surface area contributed by atoms with Gasteiger partial charge in [0.05, 0.1) is 15.8 Å². The van der Waals surface area contributed by atoms with Crippen molar-refractivity contribution in [3.63, 3.8) is 0 Å². The van der Waals surface area contributed by atoms with Crippen molar-refractivity contribution in [2.75, 3.05) is 0 Å². The Kier molecular flexibility index (Phi) is 3.33. The zero-order valence-electron chi connectivity index (χ0n) is 9.46. The van der Waals surface area contributed by atoms with Gasteiger partial charge >= 0.3 is 0 Å². The molecule has 0 radical (unpaired) electrons. The highest BCUT2D eigenvalue weighted by molar-refractivity contribution is 9.10. The molecule has 1 aromatic carbocycles. The first-order valence-electron chi connectivity index (χ1n) is 5.38. The van der Waals surface area contributed by atoms with Gasteiger partial charge < -0.3 is 5.73 Å². The summed E-state index contributed by atoms with van der Waals surface area (Å²) < 4.78 is 2.28. The zero-order chi connectivity index (χ0) is 11.8. The van der Waals surface area contributed by atoms with E-state index in [0.29, 0.717) is 0 Å². The average molecular weight is 299 g/mol. The summed E-state index contributed by atoms with van der Waals surface area (Å²) >= 11 is 5.16. The van der Waals surface area contributed by atoms with Crippen LogP contribution in [0.15, 0.2) is 22.7 Å². The SMILES string of the molecule is CCCC(C)(N)c1nc2ccc(Br)cc2s1. The average Bonchev–Trinajstić information content (AvgIpc) is 2.61. The molecule has 0 aliphatic heterocycles. The van der Waals surface area contributed by atoms with Gasteiger partial charge in [0, 0.05) is 4.47 Å². The lowest BCUT2D eigenvalue weighted by Gasteiger charge is -2.20. The first kappa shape index (κ1) is 12.0. The Labute approximate surface area is 108 Å². The molecule has 16 heavy (non-hydrogen) atoms. The minimum atomic E-state index is -0.301. The number of fused-ring (bicyclic) bond motifs is 1. The van der Waals surface area contributed by atoms with E-state index in [-0.39, 0.29) is 5.54 Å². The van der Waals surface area contributed by atoms with Crippen molar-refractivity contribution in [1.29, 1.82) is 0 Å². The smallest absolute Gasteiger partial charge is 0.113 e. The minimum Gasteiger partial charge on any atom is -0.320 e. The topological polar surface area (TPSA) is 38.9 Å². The molecule has 86 valence electrons. The van der Waals surface area contributed by atoms with Gasteiger partial charge in [-0.05, 0) is 31.5 Å². The second kappa shape index (κ2) is 4.43. The van der Waals surface area contributed by atoms with Crippen LogP contribution in [-0.2, 0) is 5.54 Å². The van der Waals surface area contributed by atoms with E-state index in [1.165, 1.54) is 4.70 Å². The normalized spacial score (nSPS) is 15.2. The number of benzene rings is 1. The highest BCUT2D eigenvalue weighted by atomic mass is 79.9. The number of thiazole rings is 1. The van der Waals surface area contributed by atoms with Gasteiger partial charge in [-0.15, -0.1) is 11.3 Å². The van der Waals surface area contributed by atoms with E-state index in [4.69, 9.17) is 5.73 Å². The summed E-state index contributed by atoms with van der Waals surface area (Å²) in [6.07, 6.45) is 2.04. The number of hydrogen-bond acceptors (Lipinski definition) is 3. The van der Waals surface area contributed by atoms with Gasteiger partial charge in [-0.1, -0.05) is 29.3 Å². The number of nitrogens with two attached hydrogens (primary N) is 1. The number of nitrogens with zero attached hydrogens (tertiary/aromatic N) is 1. The van der Waals surface area contributed by atoms with Gasteiger partial charge in [0.2, 0.25) is 0 Å². The van der Waals surface area contributed by atoms with E-state index in [9.17, 15) is 0 Å². The molecule has 0 saturated heterocycles. The Morgan fingerprint density at radius 2 is 2.25 bits per heavy atom. The second-order valence-electron chi connectivity index (χ2n) is 4.30. The quantitative estimate of drug-likeness (QED) is 0.929. The minimum absolute atomic E-state index is 0.301. The number of aromatic nitrogens is 1. The summed E-state index contributed by atoms with van der Waals surface area (Å²) in [5.41, 5.74) is 7.02. The van der Waals surface area contributed by atoms with Crippen LogP contribution in [-0.4, -0.2) is 4.98 Å². The molecule has 4 heteroatoms. The first-order valence-corrected chi connectivity index (χ1v) is 6.99. The van der Waals surface area contributed by atoms with E-state index in [1.807, 2.05) is 12.1 Å². The summed E-state index contributed by atoms with van der Waals surface area (Å²) in [4.78, 5) is 4.62. The van der Waals surface area contributed by atoms with Crippen LogP contribution in [0.4, 0.5) is 0 Å². The number of hydrogen-bond donors (Lipinski definition) is 1. The van der Waals surface area contributed by atoms with Gasteiger partial charge in [-0.25, -0.2) is 4.98 Å². The molecule has 0 amide bonds.